The van der Waals surface area contributed by atoms with Crippen molar-refractivity contribution < 1.29 is 19.0 Å². The summed E-state index contributed by atoms with van der Waals surface area (Å²) in [5.41, 5.74) is 2.78. The van der Waals surface area contributed by atoms with E-state index in [-0.39, 0.29) is 12.7 Å². The zero-order chi connectivity index (χ0) is 23.4. The van der Waals surface area contributed by atoms with Crippen LogP contribution in [0.15, 0.2) is 36.4 Å². The minimum atomic E-state index is -0.115. The lowest BCUT2D eigenvalue weighted by molar-refractivity contribution is -0.114. The molecule has 1 aliphatic rings. The van der Waals surface area contributed by atoms with Crippen molar-refractivity contribution in [3.63, 3.8) is 0 Å². The zero-order valence-corrected chi connectivity index (χ0v) is 20.3. The molecule has 0 saturated heterocycles. The Morgan fingerprint density at radius 3 is 2.70 bits per heavy atom. The lowest BCUT2D eigenvalue weighted by atomic mass is 10.2. The van der Waals surface area contributed by atoms with Gasteiger partial charge in [-0.3, -0.25) is 9.69 Å². The fourth-order valence-corrected chi connectivity index (χ4v) is 4.82. The number of hydrogen-bond acceptors (Lipinski definition) is 7. The van der Waals surface area contributed by atoms with Crippen LogP contribution in [0.25, 0.3) is 16.3 Å². The molecule has 3 aromatic rings. The van der Waals surface area contributed by atoms with Crippen LogP contribution in [0.5, 0.6) is 17.2 Å². The van der Waals surface area contributed by atoms with Gasteiger partial charge < -0.3 is 19.1 Å². The first-order valence-electron chi connectivity index (χ1n) is 11.1. The average Bonchev–Trinajstić information content (AvgIpc) is 3.48. The number of likely N-dealkylation sites (N-methyl/N-ethyl adjacent to an activating group) is 1. The molecule has 174 valence electrons. The van der Waals surface area contributed by atoms with Crippen LogP contribution < -0.4 is 19.1 Å². The van der Waals surface area contributed by atoms with E-state index in [2.05, 4.69) is 18.7 Å². The molecule has 0 bridgehead atoms. The van der Waals surface area contributed by atoms with Crippen molar-refractivity contribution in [3.8, 4) is 17.2 Å². The van der Waals surface area contributed by atoms with Gasteiger partial charge in [-0.25, -0.2) is 4.98 Å². The van der Waals surface area contributed by atoms with Crippen LogP contribution in [0.1, 0.15) is 25.0 Å². The van der Waals surface area contributed by atoms with Crippen molar-refractivity contribution in [2.75, 3.05) is 45.0 Å². The number of nitrogens with zero attached hydrogens (tertiary/aromatic N) is 3. The van der Waals surface area contributed by atoms with Crippen molar-refractivity contribution >= 4 is 38.7 Å². The maximum absolute atomic E-state index is 13.4. The number of methoxy groups -OCH3 is 1. The number of thiazole rings is 1. The molecule has 0 saturated carbocycles. The highest BCUT2D eigenvalue weighted by molar-refractivity contribution is 7.22. The number of rotatable bonds is 9. The van der Waals surface area contributed by atoms with Gasteiger partial charge in [0.1, 0.15) is 11.3 Å². The third kappa shape index (κ3) is 4.96. The van der Waals surface area contributed by atoms with Crippen LogP contribution in [-0.4, -0.2) is 55.9 Å². The van der Waals surface area contributed by atoms with Gasteiger partial charge >= 0.3 is 0 Å². The Kier molecular flexibility index (Phi) is 7.15. The van der Waals surface area contributed by atoms with Crippen LogP contribution in [0.3, 0.4) is 0 Å². The SMILES string of the molecule is CCN(CC)CCN(C(=O)C=Cc1ccc2c(c1)OCO2)c1nc2c(OC)ccc(C)c2s1. The van der Waals surface area contributed by atoms with Crippen molar-refractivity contribution in [2.45, 2.75) is 20.8 Å². The Labute approximate surface area is 198 Å². The molecule has 0 atom stereocenters. The highest BCUT2D eigenvalue weighted by atomic mass is 32.1. The highest BCUT2D eigenvalue weighted by Crippen LogP contribution is 2.37. The number of benzene rings is 2. The third-order valence-corrected chi connectivity index (χ3v) is 6.97. The third-order valence-electron chi connectivity index (χ3n) is 5.76. The molecule has 0 radical (unpaired) electrons. The van der Waals surface area contributed by atoms with E-state index in [1.54, 1.807) is 24.2 Å². The molecule has 2 aromatic carbocycles. The predicted octanol–water partition coefficient (Wildman–Crippen LogP) is 4.73. The van der Waals surface area contributed by atoms with Gasteiger partial charge in [-0.05, 0) is 55.4 Å². The Hall–Kier alpha value is -3.10. The monoisotopic (exact) mass is 467 g/mol. The second-order valence-corrected chi connectivity index (χ2v) is 8.70. The summed E-state index contributed by atoms with van der Waals surface area (Å²) in [6, 6.07) is 9.57. The van der Waals surface area contributed by atoms with E-state index in [0.717, 1.165) is 46.7 Å². The van der Waals surface area contributed by atoms with E-state index in [4.69, 9.17) is 19.2 Å². The lowest BCUT2D eigenvalue weighted by Gasteiger charge is -2.23. The van der Waals surface area contributed by atoms with E-state index in [0.29, 0.717) is 23.2 Å². The van der Waals surface area contributed by atoms with Crippen molar-refractivity contribution in [3.05, 3.63) is 47.5 Å². The number of hydrogen-bond donors (Lipinski definition) is 0. The molecule has 0 aliphatic carbocycles. The summed E-state index contributed by atoms with van der Waals surface area (Å²) in [6.45, 7) is 9.70. The molecular weight excluding hydrogens is 438 g/mol. The molecule has 1 aliphatic heterocycles. The average molecular weight is 468 g/mol. The van der Waals surface area contributed by atoms with E-state index >= 15 is 0 Å². The molecule has 0 N–H and O–H groups in total. The molecule has 2 heterocycles. The van der Waals surface area contributed by atoms with Gasteiger partial charge in [-0.2, -0.15) is 0 Å². The number of amides is 1. The largest absolute Gasteiger partial charge is 0.494 e. The minimum Gasteiger partial charge on any atom is -0.494 e. The molecule has 0 spiro atoms. The molecule has 1 amide bonds. The van der Waals surface area contributed by atoms with Gasteiger partial charge in [0, 0.05) is 19.2 Å². The van der Waals surface area contributed by atoms with Gasteiger partial charge in [0.15, 0.2) is 16.6 Å². The maximum Gasteiger partial charge on any atom is 0.252 e. The Morgan fingerprint density at radius 2 is 1.94 bits per heavy atom. The Bertz CT molecular complexity index is 1170. The summed E-state index contributed by atoms with van der Waals surface area (Å²) in [7, 11) is 1.64. The highest BCUT2D eigenvalue weighted by Gasteiger charge is 2.21. The first kappa shape index (κ1) is 23.1. The molecular formula is C25H29N3O4S. The van der Waals surface area contributed by atoms with Crippen molar-refractivity contribution in [1.82, 2.24) is 9.88 Å². The Balaban J connectivity index is 1.63. The smallest absolute Gasteiger partial charge is 0.252 e. The number of aromatic nitrogens is 1. The molecule has 33 heavy (non-hydrogen) atoms. The van der Waals surface area contributed by atoms with E-state index in [1.165, 1.54) is 11.3 Å². The van der Waals surface area contributed by atoms with E-state index < -0.39 is 0 Å². The number of ether oxygens (including phenoxy) is 3. The van der Waals surface area contributed by atoms with Crippen molar-refractivity contribution in [1.29, 1.82) is 0 Å². The van der Waals surface area contributed by atoms with Crippen molar-refractivity contribution in [2.24, 2.45) is 0 Å². The number of anilines is 1. The number of carbonyl (C=O) groups excluding carboxylic acids is 1. The second-order valence-electron chi connectivity index (χ2n) is 7.72. The molecule has 7 nitrogen and oxygen atoms in total. The van der Waals surface area contributed by atoms with Gasteiger partial charge in [0.25, 0.3) is 5.91 Å². The summed E-state index contributed by atoms with van der Waals surface area (Å²) in [4.78, 5) is 22.2. The van der Waals surface area contributed by atoms with Gasteiger partial charge in [0.05, 0.1) is 11.8 Å². The molecule has 1 aromatic heterocycles. The van der Waals surface area contributed by atoms with E-state index in [9.17, 15) is 4.79 Å². The minimum absolute atomic E-state index is 0.115. The van der Waals surface area contributed by atoms with Crippen LogP contribution in [0.2, 0.25) is 0 Å². The molecule has 8 heteroatoms. The standard InChI is InChI=1S/C25H29N3O4S/c1-5-27(6-2)13-14-28(25-26-23-20(30-4)10-7-17(3)24(23)33-25)22(29)12-9-18-8-11-19-21(15-18)32-16-31-19/h7-12,15H,5-6,13-14,16H2,1-4H3. The van der Waals surface area contributed by atoms with Crippen LogP contribution >= 0.6 is 11.3 Å². The summed E-state index contributed by atoms with van der Waals surface area (Å²) < 4.78 is 17.3. The first-order valence-corrected chi connectivity index (χ1v) is 11.9. The molecule has 0 fully saturated rings. The summed E-state index contributed by atoms with van der Waals surface area (Å²) in [6.07, 6.45) is 3.39. The Morgan fingerprint density at radius 1 is 1.15 bits per heavy atom. The first-order chi connectivity index (χ1) is 16.0. The van der Waals surface area contributed by atoms with E-state index in [1.807, 2.05) is 37.3 Å². The number of fused-ring (bicyclic) bond motifs is 2. The summed E-state index contributed by atoms with van der Waals surface area (Å²) >= 11 is 1.52. The van der Waals surface area contributed by atoms with Crippen LogP contribution in [-0.2, 0) is 4.79 Å². The number of aryl methyl sites for hydroxylation is 1. The van der Waals surface area contributed by atoms with Crippen LogP contribution in [0.4, 0.5) is 5.13 Å². The second kappa shape index (κ2) is 10.2. The summed E-state index contributed by atoms with van der Waals surface area (Å²) in [5.74, 6) is 2.01. The van der Waals surface area contributed by atoms with Crippen LogP contribution in [0, 0.1) is 6.92 Å². The molecule has 4 rings (SSSR count). The zero-order valence-electron chi connectivity index (χ0n) is 19.5. The topological polar surface area (TPSA) is 64.1 Å². The molecule has 0 unspecified atom stereocenters. The predicted molar refractivity (Wildman–Crippen MR) is 133 cm³/mol. The fraction of sp³-hybridized carbons (Fsp3) is 0.360. The fourth-order valence-electron chi connectivity index (χ4n) is 3.73. The number of carbonyl (C=O) groups is 1. The normalized spacial score (nSPS) is 12.8. The lowest BCUT2D eigenvalue weighted by Crippen LogP contribution is -2.38. The van der Waals surface area contributed by atoms with Gasteiger partial charge in [-0.15, -0.1) is 0 Å². The summed E-state index contributed by atoms with van der Waals surface area (Å²) in [5, 5.41) is 0.671. The van der Waals surface area contributed by atoms with Gasteiger partial charge in [-0.1, -0.05) is 37.3 Å². The van der Waals surface area contributed by atoms with Gasteiger partial charge in [0.2, 0.25) is 6.79 Å². The maximum atomic E-state index is 13.4. The quantitative estimate of drug-likeness (QED) is 0.424.